The molecule has 1 atom stereocenters. The van der Waals surface area contributed by atoms with Crippen LogP contribution in [0.5, 0.6) is 5.75 Å². The maximum absolute atomic E-state index is 13.4. The Labute approximate surface area is 177 Å². The highest BCUT2D eigenvalue weighted by atomic mass is 16.5. The molecule has 0 aromatic heterocycles. The summed E-state index contributed by atoms with van der Waals surface area (Å²) in [6.07, 6.45) is 1.82. The largest absolute Gasteiger partial charge is 0.461 e. The lowest BCUT2D eigenvalue weighted by atomic mass is 9.66. The van der Waals surface area contributed by atoms with Gasteiger partial charge < -0.3 is 9.47 Å². The van der Waals surface area contributed by atoms with Crippen LogP contribution in [0.4, 0.5) is 0 Å². The average Bonchev–Trinajstić information content (AvgIpc) is 2.57. The van der Waals surface area contributed by atoms with Crippen molar-refractivity contribution >= 4 is 17.5 Å². The van der Waals surface area contributed by atoms with Crippen molar-refractivity contribution in [3.8, 4) is 5.75 Å². The molecular weight excluding hydrogens is 380 g/mol. The van der Waals surface area contributed by atoms with Crippen LogP contribution in [0.15, 0.2) is 46.9 Å². The molecule has 0 spiro atoms. The maximum Gasteiger partial charge on any atom is 0.307 e. The van der Waals surface area contributed by atoms with E-state index >= 15 is 0 Å². The van der Waals surface area contributed by atoms with E-state index in [1.807, 2.05) is 52.0 Å². The van der Waals surface area contributed by atoms with Crippen molar-refractivity contribution in [2.75, 3.05) is 0 Å². The van der Waals surface area contributed by atoms with Gasteiger partial charge in [-0.3, -0.25) is 14.4 Å². The highest BCUT2D eigenvalue weighted by Gasteiger charge is 2.47. The summed E-state index contributed by atoms with van der Waals surface area (Å²) >= 11 is 0. The van der Waals surface area contributed by atoms with Crippen LogP contribution in [0.3, 0.4) is 0 Å². The molecule has 1 heterocycles. The van der Waals surface area contributed by atoms with Gasteiger partial charge in [0, 0.05) is 49.3 Å². The van der Waals surface area contributed by atoms with Crippen LogP contribution in [0.2, 0.25) is 0 Å². The predicted molar refractivity (Wildman–Crippen MR) is 112 cm³/mol. The van der Waals surface area contributed by atoms with E-state index in [-0.39, 0.29) is 22.4 Å². The Morgan fingerprint density at radius 2 is 1.53 bits per heavy atom. The van der Waals surface area contributed by atoms with E-state index in [0.717, 1.165) is 5.56 Å². The van der Waals surface area contributed by atoms with Crippen molar-refractivity contribution in [3.63, 3.8) is 0 Å². The fourth-order valence-corrected chi connectivity index (χ4v) is 4.96. The Balaban J connectivity index is 1.97. The molecule has 0 N–H and O–H groups in total. The second-order valence-electron chi connectivity index (χ2n) is 10.2. The summed E-state index contributed by atoms with van der Waals surface area (Å²) in [6, 6.07) is 7.51. The first-order valence-electron chi connectivity index (χ1n) is 10.5. The van der Waals surface area contributed by atoms with E-state index in [1.165, 1.54) is 6.92 Å². The Bertz CT molecular complexity index is 1020. The van der Waals surface area contributed by atoms with Gasteiger partial charge in [-0.1, -0.05) is 45.9 Å². The highest BCUT2D eigenvalue weighted by molar-refractivity contribution is 6.06. The van der Waals surface area contributed by atoms with E-state index in [4.69, 9.17) is 9.47 Å². The van der Waals surface area contributed by atoms with Gasteiger partial charge in [0.25, 0.3) is 0 Å². The number of esters is 1. The van der Waals surface area contributed by atoms with Gasteiger partial charge in [0.2, 0.25) is 0 Å². The molecule has 1 aliphatic heterocycles. The van der Waals surface area contributed by atoms with Crippen molar-refractivity contribution in [1.82, 2.24) is 0 Å². The number of carbonyl (C=O) groups is 3. The van der Waals surface area contributed by atoms with Crippen LogP contribution in [-0.2, 0) is 19.1 Å². The van der Waals surface area contributed by atoms with Crippen molar-refractivity contribution < 1.29 is 23.9 Å². The molecule has 2 aliphatic carbocycles. The molecule has 4 rings (SSSR count). The van der Waals surface area contributed by atoms with Gasteiger partial charge in [0.05, 0.1) is 5.92 Å². The molecule has 158 valence electrons. The van der Waals surface area contributed by atoms with Crippen LogP contribution in [0, 0.1) is 10.8 Å². The van der Waals surface area contributed by atoms with Crippen LogP contribution in [0.1, 0.15) is 71.8 Å². The summed E-state index contributed by atoms with van der Waals surface area (Å²) in [5, 5.41) is 0. The zero-order chi connectivity index (χ0) is 21.8. The minimum Gasteiger partial charge on any atom is -0.461 e. The second-order valence-corrected chi connectivity index (χ2v) is 10.2. The van der Waals surface area contributed by atoms with Gasteiger partial charge in [0.15, 0.2) is 11.6 Å². The van der Waals surface area contributed by atoms with E-state index in [1.54, 1.807) is 0 Å². The minimum absolute atomic E-state index is 0.00642. The van der Waals surface area contributed by atoms with Gasteiger partial charge >= 0.3 is 5.97 Å². The molecule has 0 unspecified atom stereocenters. The van der Waals surface area contributed by atoms with Gasteiger partial charge in [0.1, 0.15) is 17.3 Å². The second kappa shape index (κ2) is 6.93. The number of ether oxygens (including phenoxy) is 2. The summed E-state index contributed by atoms with van der Waals surface area (Å²) in [5.74, 6) is 0.563. The molecule has 0 radical (unpaired) electrons. The van der Waals surface area contributed by atoms with E-state index < -0.39 is 11.9 Å². The normalized spacial score (nSPS) is 24.8. The molecule has 1 aromatic rings. The maximum atomic E-state index is 13.4. The molecule has 3 aliphatic rings. The van der Waals surface area contributed by atoms with E-state index in [2.05, 4.69) is 0 Å². The number of ketones is 2. The molecule has 0 bridgehead atoms. The van der Waals surface area contributed by atoms with Crippen molar-refractivity contribution in [3.05, 3.63) is 52.5 Å². The summed E-state index contributed by atoms with van der Waals surface area (Å²) < 4.78 is 11.8. The average molecular weight is 408 g/mol. The molecule has 0 saturated heterocycles. The number of fused-ring (bicyclic) bond motifs is 1. The lowest BCUT2D eigenvalue weighted by Gasteiger charge is -2.40. The molecule has 30 heavy (non-hydrogen) atoms. The van der Waals surface area contributed by atoms with Gasteiger partial charge in [-0.05, 0) is 16.9 Å². The Hall–Kier alpha value is -2.69. The van der Waals surface area contributed by atoms with Crippen LogP contribution in [0.25, 0.3) is 0 Å². The lowest BCUT2D eigenvalue weighted by molar-refractivity contribution is -0.138. The van der Waals surface area contributed by atoms with E-state index in [0.29, 0.717) is 54.1 Å². The molecule has 0 fully saturated rings. The van der Waals surface area contributed by atoms with Crippen LogP contribution < -0.4 is 4.74 Å². The monoisotopic (exact) mass is 408 g/mol. The number of para-hydroxylation sites is 1. The third kappa shape index (κ3) is 3.62. The number of Topliss-reactive ketones (excluding diaryl/α,β-unsaturated/α-hetero) is 2. The number of hydrogen-bond acceptors (Lipinski definition) is 5. The van der Waals surface area contributed by atoms with Crippen molar-refractivity contribution in [2.24, 2.45) is 10.8 Å². The summed E-state index contributed by atoms with van der Waals surface area (Å²) in [5.41, 5.74) is 1.23. The van der Waals surface area contributed by atoms with Crippen molar-refractivity contribution in [2.45, 2.75) is 66.2 Å². The lowest BCUT2D eigenvalue weighted by Crippen LogP contribution is -2.36. The third-order valence-corrected chi connectivity index (χ3v) is 6.07. The van der Waals surface area contributed by atoms with Gasteiger partial charge in [-0.25, -0.2) is 0 Å². The number of carbonyl (C=O) groups excluding carboxylic acids is 3. The highest BCUT2D eigenvalue weighted by Crippen LogP contribution is 2.53. The smallest absolute Gasteiger partial charge is 0.307 e. The number of hydrogen-bond donors (Lipinski definition) is 0. The number of allylic oxidation sites excluding steroid dienone is 4. The fraction of sp³-hybridized carbons (Fsp3) is 0.480. The Kier molecular flexibility index (Phi) is 4.75. The minimum atomic E-state index is -0.563. The van der Waals surface area contributed by atoms with E-state index in [9.17, 15) is 14.4 Å². The van der Waals surface area contributed by atoms with Crippen molar-refractivity contribution in [1.29, 1.82) is 0 Å². The van der Waals surface area contributed by atoms with Gasteiger partial charge in [-0.2, -0.15) is 0 Å². The first kappa shape index (κ1) is 20.6. The zero-order valence-electron chi connectivity index (χ0n) is 18.3. The molecule has 0 saturated carbocycles. The summed E-state index contributed by atoms with van der Waals surface area (Å²) in [6.45, 7) is 9.41. The fourth-order valence-electron chi connectivity index (χ4n) is 4.96. The Morgan fingerprint density at radius 1 is 0.933 bits per heavy atom. The summed E-state index contributed by atoms with van der Waals surface area (Å²) in [7, 11) is 0. The molecule has 5 nitrogen and oxygen atoms in total. The quantitative estimate of drug-likeness (QED) is 0.643. The zero-order valence-corrected chi connectivity index (χ0v) is 18.3. The topological polar surface area (TPSA) is 69.7 Å². The first-order valence-corrected chi connectivity index (χ1v) is 10.5. The Morgan fingerprint density at radius 3 is 2.20 bits per heavy atom. The summed E-state index contributed by atoms with van der Waals surface area (Å²) in [4.78, 5) is 38.6. The first-order chi connectivity index (χ1) is 14.0. The van der Waals surface area contributed by atoms with Crippen LogP contribution in [-0.4, -0.2) is 17.5 Å². The number of rotatable bonds is 2. The van der Waals surface area contributed by atoms with Crippen LogP contribution >= 0.6 is 0 Å². The predicted octanol–water partition coefficient (Wildman–Crippen LogP) is 5.01. The molecule has 0 amide bonds. The SMILES string of the molecule is CC(=O)OC1=C([C@@H]2C3=C(CC(C)(C)CC3=O)Oc3ccccc32)C(=O)CC(C)(C)C1. The third-order valence-electron chi connectivity index (χ3n) is 6.07. The number of benzene rings is 1. The molecular formula is C25H28O5. The molecule has 1 aromatic carbocycles. The van der Waals surface area contributed by atoms with Gasteiger partial charge in [-0.15, -0.1) is 0 Å². The molecule has 5 heteroatoms. The standard InChI is InChI=1S/C25H28O5/c1-14(26)29-19-12-24(2,3)10-16(27)22(19)21-15-8-6-7-9-18(15)30-20-13-25(4,5)11-17(28)23(20)21/h6-9,21H,10-13H2,1-5H3/t21-/m1/s1.